The predicted octanol–water partition coefficient (Wildman–Crippen LogP) is 2.33. The van der Waals surface area contributed by atoms with E-state index in [2.05, 4.69) is 4.98 Å². The summed E-state index contributed by atoms with van der Waals surface area (Å²) in [5, 5.41) is 0. The summed E-state index contributed by atoms with van der Waals surface area (Å²) in [6, 6.07) is 0. The highest BCUT2D eigenvalue weighted by atomic mass is 16.5. The molecule has 0 aromatic carbocycles. The summed E-state index contributed by atoms with van der Waals surface area (Å²) in [7, 11) is 0. The van der Waals surface area contributed by atoms with Gasteiger partial charge in [-0.25, -0.2) is 4.79 Å². The van der Waals surface area contributed by atoms with Gasteiger partial charge in [-0.2, -0.15) is 0 Å². The van der Waals surface area contributed by atoms with Crippen molar-refractivity contribution in [2.24, 2.45) is 5.92 Å². The zero-order valence-corrected chi connectivity index (χ0v) is 13.3. The topological polar surface area (TPSA) is 85.5 Å². The maximum Gasteiger partial charge on any atom is 0.340 e. The molecule has 6 nitrogen and oxygen atoms in total. The lowest BCUT2D eigenvalue weighted by Crippen LogP contribution is -2.26. The van der Waals surface area contributed by atoms with Crippen molar-refractivity contribution < 1.29 is 23.9 Å². The Labute approximate surface area is 129 Å². The number of aromatic nitrogens is 1. The van der Waals surface area contributed by atoms with E-state index in [1.165, 1.54) is 0 Å². The van der Waals surface area contributed by atoms with Crippen LogP contribution < -0.4 is 0 Å². The standard InChI is InChI=1S/C16H21NO5/c1-5-21-16(20)12-8(2)13(17-9(12)3)14(18)10(4)22-15(19)11-6-7-11/h10-11,17H,5-7H2,1-4H3/t10-/m1/s1. The molecular weight excluding hydrogens is 286 g/mol. The third-order valence-corrected chi connectivity index (χ3v) is 3.74. The molecule has 6 heteroatoms. The van der Waals surface area contributed by atoms with Crippen molar-refractivity contribution in [3.8, 4) is 0 Å². The molecule has 22 heavy (non-hydrogen) atoms. The predicted molar refractivity (Wildman–Crippen MR) is 78.8 cm³/mol. The molecule has 1 aromatic rings. The first kappa shape index (κ1) is 16.3. The van der Waals surface area contributed by atoms with Crippen LogP contribution in [0.2, 0.25) is 0 Å². The van der Waals surface area contributed by atoms with Crippen LogP contribution in [-0.2, 0) is 14.3 Å². The first-order chi connectivity index (χ1) is 10.4. The fourth-order valence-electron chi connectivity index (χ4n) is 2.35. The molecule has 0 spiro atoms. The van der Waals surface area contributed by atoms with Gasteiger partial charge in [-0.15, -0.1) is 0 Å². The smallest absolute Gasteiger partial charge is 0.340 e. The van der Waals surface area contributed by atoms with Gasteiger partial charge in [0.05, 0.1) is 23.8 Å². The van der Waals surface area contributed by atoms with Gasteiger partial charge in [0.2, 0.25) is 5.78 Å². The molecular formula is C16H21NO5. The number of Topliss-reactive ketones (excluding diaryl/α,β-unsaturated/α-hetero) is 1. The van der Waals surface area contributed by atoms with Crippen LogP contribution in [0.5, 0.6) is 0 Å². The monoisotopic (exact) mass is 307 g/mol. The molecule has 1 atom stereocenters. The number of ketones is 1. The minimum absolute atomic E-state index is 0.0585. The van der Waals surface area contributed by atoms with Gasteiger partial charge in [-0.05, 0) is 46.1 Å². The molecule has 1 aliphatic carbocycles. The fourth-order valence-corrected chi connectivity index (χ4v) is 2.35. The van der Waals surface area contributed by atoms with Crippen molar-refractivity contribution in [3.05, 3.63) is 22.5 Å². The molecule has 0 saturated heterocycles. The van der Waals surface area contributed by atoms with E-state index < -0.39 is 12.1 Å². The molecule has 120 valence electrons. The van der Waals surface area contributed by atoms with Crippen LogP contribution in [0.1, 0.15) is 58.8 Å². The minimum Gasteiger partial charge on any atom is -0.462 e. The van der Waals surface area contributed by atoms with Gasteiger partial charge in [0, 0.05) is 5.69 Å². The fraction of sp³-hybridized carbons (Fsp3) is 0.562. The number of rotatable bonds is 6. The summed E-state index contributed by atoms with van der Waals surface area (Å²) in [5.74, 6) is -1.19. The van der Waals surface area contributed by atoms with Crippen LogP contribution in [0.25, 0.3) is 0 Å². The van der Waals surface area contributed by atoms with Crippen LogP contribution in [0.4, 0.5) is 0 Å². The largest absolute Gasteiger partial charge is 0.462 e. The van der Waals surface area contributed by atoms with E-state index in [0.717, 1.165) is 12.8 Å². The zero-order chi connectivity index (χ0) is 16.4. The third kappa shape index (κ3) is 3.21. The van der Waals surface area contributed by atoms with Gasteiger partial charge < -0.3 is 14.5 Å². The number of H-pyrrole nitrogens is 1. The third-order valence-electron chi connectivity index (χ3n) is 3.74. The Hall–Kier alpha value is -2.11. The molecule has 1 aliphatic rings. The van der Waals surface area contributed by atoms with Crippen molar-refractivity contribution in [2.45, 2.75) is 46.6 Å². The Bertz CT molecular complexity index is 612. The molecule has 0 aliphatic heterocycles. The van der Waals surface area contributed by atoms with E-state index in [0.29, 0.717) is 16.8 Å². The molecule has 1 saturated carbocycles. The van der Waals surface area contributed by atoms with Crippen molar-refractivity contribution in [3.63, 3.8) is 0 Å². The Kier molecular flexibility index (Phi) is 4.68. The summed E-state index contributed by atoms with van der Waals surface area (Å²) in [6.07, 6.45) is 0.778. The van der Waals surface area contributed by atoms with Crippen molar-refractivity contribution in [2.75, 3.05) is 6.61 Å². The number of carbonyl (C=O) groups is 3. The van der Waals surface area contributed by atoms with Crippen LogP contribution in [0.15, 0.2) is 0 Å². The lowest BCUT2D eigenvalue weighted by atomic mass is 10.1. The number of hydrogen-bond donors (Lipinski definition) is 1. The van der Waals surface area contributed by atoms with Crippen LogP contribution in [-0.4, -0.2) is 35.4 Å². The highest BCUT2D eigenvalue weighted by molar-refractivity contribution is 6.04. The first-order valence-corrected chi connectivity index (χ1v) is 7.47. The highest BCUT2D eigenvalue weighted by Gasteiger charge is 2.34. The summed E-state index contributed by atoms with van der Waals surface area (Å²) >= 11 is 0. The molecule has 0 radical (unpaired) electrons. The van der Waals surface area contributed by atoms with E-state index >= 15 is 0 Å². The second-order valence-electron chi connectivity index (χ2n) is 5.56. The van der Waals surface area contributed by atoms with Gasteiger partial charge >= 0.3 is 11.9 Å². The van der Waals surface area contributed by atoms with Gasteiger partial charge in [0.25, 0.3) is 0 Å². The van der Waals surface area contributed by atoms with Gasteiger partial charge in [-0.1, -0.05) is 0 Å². The van der Waals surface area contributed by atoms with Crippen LogP contribution >= 0.6 is 0 Å². The van der Waals surface area contributed by atoms with E-state index in [1.807, 2.05) is 0 Å². The lowest BCUT2D eigenvalue weighted by molar-refractivity contribution is -0.147. The van der Waals surface area contributed by atoms with E-state index in [1.54, 1.807) is 27.7 Å². The Balaban J connectivity index is 2.17. The Morgan fingerprint density at radius 3 is 2.45 bits per heavy atom. The average molecular weight is 307 g/mol. The first-order valence-electron chi connectivity index (χ1n) is 7.47. The van der Waals surface area contributed by atoms with Gasteiger partial charge in [0.1, 0.15) is 0 Å². The molecule has 1 heterocycles. The molecule has 1 fully saturated rings. The second-order valence-corrected chi connectivity index (χ2v) is 5.56. The second kappa shape index (κ2) is 6.34. The highest BCUT2D eigenvalue weighted by Crippen LogP contribution is 2.31. The lowest BCUT2D eigenvalue weighted by Gasteiger charge is -2.11. The van der Waals surface area contributed by atoms with Gasteiger partial charge in [-0.3, -0.25) is 9.59 Å². The van der Waals surface area contributed by atoms with Crippen molar-refractivity contribution in [1.82, 2.24) is 4.98 Å². The van der Waals surface area contributed by atoms with Crippen molar-refractivity contribution in [1.29, 1.82) is 0 Å². The van der Waals surface area contributed by atoms with Crippen molar-refractivity contribution >= 4 is 17.7 Å². The number of aryl methyl sites for hydroxylation is 1. The summed E-state index contributed by atoms with van der Waals surface area (Å²) in [6.45, 7) is 6.92. The SMILES string of the molecule is CCOC(=O)c1c(C)[nH]c(C(=O)[C@@H](C)OC(=O)C2CC2)c1C. The Morgan fingerprint density at radius 2 is 1.91 bits per heavy atom. The van der Waals surface area contributed by atoms with Gasteiger partial charge in [0.15, 0.2) is 6.10 Å². The quantitative estimate of drug-likeness (QED) is 0.644. The number of hydrogen-bond acceptors (Lipinski definition) is 5. The number of aromatic amines is 1. The Morgan fingerprint density at radius 1 is 1.27 bits per heavy atom. The molecule has 1 N–H and O–H groups in total. The summed E-state index contributed by atoms with van der Waals surface area (Å²) < 4.78 is 10.2. The normalized spacial score (nSPS) is 15.3. The minimum atomic E-state index is -0.875. The number of carbonyl (C=O) groups excluding carboxylic acids is 3. The number of ether oxygens (including phenoxy) is 2. The van der Waals surface area contributed by atoms with E-state index in [-0.39, 0.29) is 30.0 Å². The molecule has 0 unspecified atom stereocenters. The number of nitrogens with one attached hydrogen (secondary N) is 1. The zero-order valence-electron chi connectivity index (χ0n) is 13.3. The molecule has 1 aromatic heterocycles. The summed E-state index contributed by atoms with van der Waals surface area (Å²) in [4.78, 5) is 38.9. The maximum atomic E-state index is 12.4. The number of esters is 2. The molecule has 2 rings (SSSR count). The van der Waals surface area contributed by atoms with E-state index in [9.17, 15) is 14.4 Å². The van der Waals surface area contributed by atoms with Crippen LogP contribution in [0, 0.1) is 19.8 Å². The molecule has 0 bridgehead atoms. The maximum absolute atomic E-state index is 12.4. The summed E-state index contributed by atoms with van der Waals surface area (Å²) in [5.41, 5.74) is 1.75. The average Bonchev–Trinajstić information content (AvgIpc) is 3.24. The van der Waals surface area contributed by atoms with Crippen LogP contribution in [0.3, 0.4) is 0 Å². The van der Waals surface area contributed by atoms with E-state index in [4.69, 9.17) is 9.47 Å². The molecule has 0 amide bonds.